The molecule has 3 rings (SSSR count). The third kappa shape index (κ3) is 5.22. The van der Waals surface area contributed by atoms with E-state index in [2.05, 4.69) is 22.9 Å². The molecule has 0 aromatic rings. The Labute approximate surface area is 176 Å². The van der Waals surface area contributed by atoms with E-state index in [1.165, 1.54) is 23.7 Å². The number of rotatable bonds is 8. The number of ether oxygens (including phenoxy) is 1. The monoisotopic (exact) mass is 427 g/mol. The molecule has 3 heterocycles. The fourth-order valence-electron chi connectivity index (χ4n) is 4.09. The van der Waals surface area contributed by atoms with Crippen LogP contribution in [0.15, 0.2) is 0 Å². The Kier molecular flexibility index (Phi) is 7.78. The molecule has 3 aliphatic rings. The first-order valence-corrected chi connectivity index (χ1v) is 11.5. The predicted octanol–water partition coefficient (Wildman–Crippen LogP) is 0.516. The lowest BCUT2D eigenvalue weighted by Gasteiger charge is -2.50. The molecule has 0 bridgehead atoms. The largest absolute Gasteiger partial charge is 0.376 e. The minimum absolute atomic E-state index is 0.00453. The van der Waals surface area contributed by atoms with Crippen LogP contribution < -0.4 is 16.0 Å². The zero-order valence-electron chi connectivity index (χ0n) is 17.5. The van der Waals surface area contributed by atoms with E-state index in [4.69, 9.17) is 4.74 Å². The average molecular weight is 428 g/mol. The summed E-state index contributed by atoms with van der Waals surface area (Å²) >= 11 is 1.43. The maximum absolute atomic E-state index is 12.9. The minimum Gasteiger partial charge on any atom is -0.376 e. The van der Waals surface area contributed by atoms with Crippen LogP contribution in [0, 0.1) is 5.92 Å². The Morgan fingerprint density at radius 3 is 2.79 bits per heavy atom. The fourth-order valence-corrected chi connectivity index (χ4v) is 5.26. The summed E-state index contributed by atoms with van der Waals surface area (Å²) in [6, 6.07) is -0.307. The number of fused-ring (bicyclic) bond motifs is 1. The highest BCUT2D eigenvalue weighted by Crippen LogP contribution is 2.31. The van der Waals surface area contributed by atoms with E-state index in [0.717, 1.165) is 38.7 Å². The van der Waals surface area contributed by atoms with Gasteiger partial charge in [-0.25, -0.2) is 4.79 Å². The first-order chi connectivity index (χ1) is 13.9. The molecule has 10 heteroatoms. The van der Waals surface area contributed by atoms with Crippen LogP contribution in [-0.4, -0.2) is 84.5 Å². The summed E-state index contributed by atoms with van der Waals surface area (Å²) < 4.78 is 5.54. The van der Waals surface area contributed by atoms with Crippen molar-refractivity contribution in [2.45, 2.75) is 62.8 Å². The van der Waals surface area contributed by atoms with Crippen molar-refractivity contribution in [3.8, 4) is 0 Å². The molecular formula is C19H33N5O4S. The molecule has 3 N–H and O–H groups in total. The lowest BCUT2D eigenvalue weighted by molar-refractivity contribution is -0.140. The molecule has 3 saturated heterocycles. The topological polar surface area (TPSA) is 103 Å². The van der Waals surface area contributed by atoms with Gasteiger partial charge >= 0.3 is 6.03 Å². The molecule has 29 heavy (non-hydrogen) atoms. The summed E-state index contributed by atoms with van der Waals surface area (Å²) in [6.45, 7) is 3.42. The number of carbonyl (C=O) groups excluding carboxylic acids is 3. The molecule has 4 amide bonds. The summed E-state index contributed by atoms with van der Waals surface area (Å²) in [5.74, 6) is -0.475. The van der Waals surface area contributed by atoms with E-state index < -0.39 is 5.92 Å². The highest BCUT2D eigenvalue weighted by Gasteiger charge is 2.50. The summed E-state index contributed by atoms with van der Waals surface area (Å²) in [5.41, 5.74) is 0. The van der Waals surface area contributed by atoms with Crippen LogP contribution in [0.4, 0.5) is 4.79 Å². The van der Waals surface area contributed by atoms with Gasteiger partial charge in [-0.2, -0.15) is 0 Å². The molecule has 3 fully saturated rings. The smallest absolute Gasteiger partial charge is 0.327 e. The van der Waals surface area contributed by atoms with Crippen molar-refractivity contribution in [1.82, 2.24) is 25.8 Å². The van der Waals surface area contributed by atoms with Gasteiger partial charge in [0.15, 0.2) is 0 Å². The summed E-state index contributed by atoms with van der Waals surface area (Å²) in [7, 11) is 3.23. The zero-order chi connectivity index (χ0) is 21.0. The quantitative estimate of drug-likeness (QED) is 0.519. The van der Waals surface area contributed by atoms with E-state index in [1.807, 2.05) is 0 Å². The van der Waals surface area contributed by atoms with E-state index >= 15 is 0 Å². The summed E-state index contributed by atoms with van der Waals surface area (Å²) in [5, 5.41) is 9.59. The molecule has 164 valence electrons. The molecule has 9 nitrogen and oxygen atoms in total. The van der Waals surface area contributed by atoms with Gasteiger partial charge in [0.1, 0.15) is 0 Å². The third-order valence-corrected chi connectivity index (χ3v) is 7.03. The van der Waals surface area contributed by atoms with Crippen LogP contribution in [0.2, 0.25) is 0 Å². The number of carbonyl (C=O) groups is 3. The molecule has 0 aliphatic carbocycles. The normalized spacial score (nSPS) is 32.4. The van der Waals surface area contributed by atoms with Crippen molar-refractivity contribution in [1.29, 1.82) is 0 Å². The van der Waals surface area contributed by atoms with Crippen molar-refractivity contribution < 1.29 is 19.1 Å². The van der Waals surface area contributed by atoms with Crippen molar-refractivity contribution in [3.05, 3.63) is 0 Å². The Bertz CT molecular complexity index is 615. The molecule has 0 saturated carbocycles. The van der Waals surface area contributed by atoms with Gasteiger partial charge in [0.05, 0.1) is 35.5 Å². The molecule has 0 radical (unpaired) electrons. The van der Waals surface area contributed by atoms with Gasteiger partial charge in [-0.05, 0) is 19.3 Å². The van der Waals surface area contributed by atoms with Gasteiger partial charge in [-0.1, -0.05) is 19.8 Å². The Morgan fingerprint density at radius 2 is 2.10 bits per heavy atom. The van der Waals surface area contributed by atoms with Crippen molar-refractivity contribution in [2.75, 3.05) is 33.0 Å². The number of hydrogen-bond acceptors (Lipinski definition) is 7. The highest BCUT2D eigenvalue weighted by atomic mass is 32.2. The van der Waals surface area contributed by atoms with Gasteiger partial charge in [0.25, 0.3) is 0 Å². The molecule has 3 aliphatic heterocycles. The van der Waals surface area contributed by atoms with Crippen LogP contribution >= 0.6 is 11.8 Å². The van der Waals surface area contributed by atoms with Crippen molar-refractivity contribution in [2.24, 2.45) is 5.92 Å². The third-order valence-electron chi connectivity index (χ3n) is 5.82. The number of hydrogen-bond donors (Lipinski definition) is 3. The Balaban J connectivity index is 1.62. The summed E-state index contributed by atoms with van der Waals surface area (Å²) in [4.78, 5) is 40.3. The lowest BCUT2D eigenvalue weighted by Crippen LogP contribution is -2.74. The first kappa shape index (κ1) is 22.3. The maximum Gasteiger partial charge on any atom is 0.327 e. The number of nitrogens with zero attached hydrogens (tertiary/aromatic N) is 2. The SMILES string of the molecule is CCCCC1NC(SCC(=O)NCC2CCCO2)C2C(=O)N(C)C(=O)N(C)C2N1. The van der Waals surface area contributed by atoms with E-state index in [-0.39, 0.29) is 47.4 Å². The number of thioether (sulfide) groups is 1. The summed E-state index contributed by atoms with van der Waals surface area (Å²) in [6.07, 6.45) is 4.74. The number of unbranched alkanes of at least 4 members (excludes halogenated alkanes) is 1. The number of nitrogens with one attached hydrogen (secondary N) is 3. The van der Waals surface area contributed by atoms with Gasteiger partial charge in [-0.15, -0.1) is 11.8 Å². The molecule has 5 unspecified atom stereocenters. The van der Waals surface area contributed by atoms with Crippen LogP contribution in [0.5, 0.6) is 0 Å². The number of amides is 4. The second kappa shape index (κ2) is 10.1. The second-order valence-electron chi connectivity index (χ2n) is 7.96. The lowest BCUT2D eigenvalue weighted by atomic mass is 9.96. The Hall–Kier alpha value is -1.36. The average Bonchev–Trinajstić information content (AvgIpc) is 3.25. The van der Waals surface area contributed by atoms with E-state index in [1.54, 1.807) is 11.9 Å². The van der Waals surface area contributed by atoms with E-state index in [9.17, 15) is 14.4 Å². The van der Waals surface area contributed by atoms with Gasteiger partial charge < -0.3 is 15.0 Å². The van der Waals surface area contributed by atoms with Crippen molar-refractivity contribution >= 4 is 29.6 Å². The first-order valence-electron chi connectivity index (χ1n) is 10.5. The predicted molar refractivity (Wildman–Crippen MR) is 111 cm³/mol. The number of urea groups is 1. The standard InChI is InChI=1S/C19H33N5O4S/c1-4-5-8-13-21-16-15(18(26)24(3)19(27)23(16)2)17(22-13)29-11-14(25)20-10-12-7-6-9-28-12/h12-13,15-17,21-22H,4-11H2,1-3H3,(H,20,25). The molecule has 0 aromatic carbocycles. The number of imide groups is 1. The Morgan fingerprint density at radius 1 is 1.31 bits per heavy atom. The van der Waals surface area contributed by atoms with Crippen LogP contribution in [-0.2, 0) is 14.3 Å². The van der Waals surface area contributed by atoms with Crippen LogP contribution in [0.25, 0.3) is 0 Å². The molecular weight excluding hydrogens is 394 g/mol. The van der Waals surface area contributed by atoms with Gasteiger partial charge in [-0.3, -0.25) is 25.1 Å². The molecule has 0 spiro atoms. The zero-order valence-corrected chi connectivity index (χ0v) is 18.3. The minimum atomic E-state index is -0.448. The van der Waals surface area contributed by atoms with Crippen molar-refractivity contribution in [3.63, 3.8) is 0 Å². The fraction of sp³-hybridized carbons (Fsp3) is 0.842. The highest BCUT2D eigenvalue weighted by molar-refractivity contribution is 8.00. The molecule has 5 atom stereocenters. The molecule has 0 aromatic heterocycles. The second-order valence-corrected chi connectivity index (χ2v) is 9.09. The van der Waals surface area contributed by atoms with Gasteiger partial charge in [0, 0.05) is 27.2 Å². The van der Waals surface area contributed by atoms with Crippen LogP contribution in [0.1, 0.15) is 39.0 Å². The van der Waals surface area contributed by atoms with E-state index in [0.29, 0.717) is 6.54 Å². The van der Waals surface area contributed by atoms with Crippen LogP contribution in [0.3, 0.4) is 0 Å². The van der Waals surface area contributed by atoms with Gasteiger partial charge in [0.2, 0.25) is 11.8 Å². The maximum atomic E-state index is 12.9.